The van der Waals surface area contributed by atoms with Crippen LogP contribution in [0.5, 0.6) is 0 Å². The number of aryl methyl sites for hydroxylation is 1. The Bertz CT molecular complexity index is 442. The largest absolute Gasteiger partial charge is 0.308 e. The SMILES string of the molecule is Cc1nc(C2CCCC(C)C2)nc(NN)c1C(C)C. The minimum atomic E-state index is 0.380. The minimum absolute atomic E-state index is 0.380. The molecule has 0 amide bonds. The monoisotopic (exact) mass is 262 g/mol. The van der Waals surface area contributed by atoms with Gasteiger partial charge in [-0.25, -0.2) is 15.8 Å². The molecule has 0 aromatic carbocycles. The summed E-state index contributed by atoms with van der Waals surface area (Å²) in [7, 11) is 0. The summed E-state index contributed by atoms with van der Waals surface area (Å²) in [6, 6.07) is 0. The van der Waals surface area contributed by atoms with Crippen LogP contribution in [0.25, 0.3) is 0 Å². The number of nitrogens with zero attached hydrogens (tertiary/aromatic N) is 2. The molecule has 1 aromatic heterocycles. The molecule has 1 aromatic rings. The maximum atomic E-state index is 5.64. The zero-order chi connectivity index (χ0) is 14.0. The second-order valence-electron chi connectivity index (χ2n) is 6.20. The van der Waals surface area contributed by atoms with Gasteiger partial charge in [-0.2, -0.15) is 0 Å². The van der Waals surface area contributed by atoms with E-state index < -0.39 is 0 Å². The highest BCUT2D eigenvalue weighted by atomic mass is 15.3. The first-order chi connectivity index (χ1) is 9.02. The summed E-state index contributed by atoms with van der Waals surface area (Å²) in [6.07, 6.45) is 5.02. The molecule has 0 bridgehead atoms. The maximum absolute atomic E-state index is 5.64. The molecule has 19 heavy (non-hydrogen) atoms. The molecule has 1 heterocycles. The Morgan fingerprint density at radius 2 is 2.00 bits per heavy atom. The molecule has 3 N–H and O–H groups in total. The van der Waals surface area contributed by atoms with Crippen molar-refractivity contribution in [2.45, 2.75) is 65.2 Å². The highest BCUT2D eigenvalue weighted by Crippen LogP contribution is 2.36. The fraction of sp³-hybridized carbons (Fsp3) is 0.733. The van der Waals surface area contributed by atoms with Crippen molar-refractivity contribution in [3.8, 4) is 0 Å². The summed E-state index contributed by atoms with van der Waals surface area (Å²) >= 11 is 0. The molecular weight excluding hydrogens is 236 g/mol. The van der Waals surface area contributed by atoms with Crippen molar-refractivity contribution < 1.29 is 0 Å². The van der Waals surface area contributed by atoms with E-state index in [9.17, 15) is 0 Å². The van der Waals surface area contributed by atoms with Crippen LogP contribution >= 0.6 is 0 Å². The van der Waals surface area contributed by atoms with Crippen molar-refractivity contribution in [2.75, 3.05) is 5.43 Å². The molecule has 1 aliphatic rings. The van der Waals surface area contributed by atoms with Crippen molar-refractivity contribution in [3.05, 3.63) is 17.1 Å². The Balaban J connectivity index is 2.34. The predicted octanol–water partition coefficient (Wildman–Crippen LogP) is 3.49. The summed E-state index contributed by atoms with van der Waals surface area (Å²) < 4.78 is 0. The molecule has 106 valence electrons. The Labute approximate surface area is 116 Å². The predicted molar refractivity (Wildman–Crippen MR) is 79.0 cm³/mol. The topological polar surface area (TPSA) is 63.8 Å². The average Bonchev–Trinajstić information content (AvgIpc) is 2.37. The fourth-order valence-corrected chi connectivity index (χ4v) is 3.26. The normalized spacial score (nSPS) is 23.7. The second-order valence-corrected chi connectivity index (χ2v) is 6.20. The molecule has 0 aliphatic heterocycles. The lowest BCUT2D eigenvalue weighted by Crippen LogP contribution is -2.19. The third-order valence-corrected chi connectivity index (χ3v) is 4.17. The van der Waals surface area contributed by atoms with E-state index in [-0.39, 0.29) is 0 Å². The lowest BCUT2D eigenvalue weighted by atomic mass is 9.82. The van der Waals surface area contributed by atoms with Gasteiger partial charge in [0.1, 0.15) is 11.6 Å². The van der Waals surface area contributed by atoms with E-state index in [1.807, 2.05) is 0 Å². The van der Waals surface area contributed by atoms with Crippen LogP contribution < -0.4 is 11.3 Å². The van der Waals surface area contributed by atoms with Crippen LogP contribution in [-0.2, 0) is 0 Å². The number of nitrogen functional groups attached to an aromatic ring is 1. The van der Waals surface area contributed by atoms with E-state index in [1.165, 1.54) is 25.7 Å². The average molecular weight is 262 g/mol. The van der Waals surface area contributed by atoms with E-state index in [4.69, 9.17) is 10.8 Å². The van der Waals surface area contributed by atoms with Gasteiger partial charge in [-0.3, -0.25) is 0 Å². The van der Waals surface area contributed by atoms with Crippen LogP contribution in [0, 0.1) is 12.8 Å². The Hall–Kier alpha value is -1.16. The first-order valence-corrected chi connectivity index (χ1v) is 7.38. The summed E-state index contributed by atoms with van der Waals surface area (Å²) in [4.78, 5) is 9.44. The fourth-order valence-electron chi connectivity index (χ4n) is 3.26. The molecule has 2 atom stereocenters. The van der Waals surface area contributed by atoms with Gasteiger partial charge < -0.3 is 5.43 Å². The van der Waals surface area contributed by atoms with Gasteiger partial charge in [-0.15, -0.1) is 0 Å². The number of nitrogens with one attached hydrogen (secondary N) is 1. The Morgan fingerprint density at radius 1 is 1.26 bits per heavy atom. The van der Waals surface area contributed by atoms with E-state index in [2.05, 4.69) is 38.1 Å². The van der Waals surface area contributed by atoms with E-state index in [0.717, 1.165) is 28.8 Å². The second kappa shape index (κ2) is 5.87. The van der Waals surface area contributed by atoms with E-state index >= 15 is 0 Å². The van der Waals surface area contributed by atoms with Gasteiger partial charge >= 0.3 is 0 Å². The summed E-state index contributed by atoms with van der Waals surface area (Å²) in [5.41, 5.74) is 4.95. The lowest BCUT2D eigenvalue weighted by molar-refractivity contribution is 0.335. The Morgan fingerprint density at radius 3 is 2.58 bits per heavy atom. The van der Waals surface area contributed by atoms with Crippen molar-refractivity contribution in [1.82, 2.24) is 9.97 Å². The van der Waals surface area contributed by atoms with Crippen LogP contribution in [0.2, 0.25) is 0 Å². The zero-order valence-corrected chi connectivity index (χ0v) is 12.5. The summed E-state index contributed by atoms with van der Waals surface area (Å²) in [6.45, 7) is 8.68. The van der Waals surface area contributed by atoms with Crippen LogP contribution in [0.1, 0.15) is 75.4 Å². The number of hydrogen-bond acceptors (Lipinski definition) is 4. The first-order valence-electron chi connectivity index (χ1n) is 7.38. The third-order valence-electron chi connectivity index (χ3n) is 4.17. The molecule has 4 heteroatoms. The molecule has 1 fully saturated rings. The van der Waals surface area contributed by atoms with Crippen LogP contribution in [0.3, 0.4) is 0 Å². The molecule has 1 saturated carbocycles. The van der Waals surface area contributed by atoms with Gasteiger partial charge in [0, 0.05) is 17.2 Å². The van der Waals surface area contributed by atoms with Gasteiger partial charge in [0.25, 0.3) is 0 Å². The lowest BCUT2D eigenvalue weighted by Gasteiger charge is -2.26. The Kier molecular flexibility index (Phi) is 4.40. The van der Waals surface area contributed by atoms with Crippen LogP contribution in [0.15, 0.2) is 0 Å². The zero-order valence-electron chi connectivity index (χ0n) is 12.5. The molecule has 1 aliphatic carbocycles. The summed E-state index contributed by atoms with van der Waals surface area (Å²) in [5, 5.41) is 0. The number of aromatic nitrogens is 2. The number of nitrogens with two attached hydrogens (primary N) is 1. The molecule has 2 rings (SSSR count). The molecular formula is C15H26N4. The summed E-state index contributed by atoms with van der Waals surface area (Å²) in [5.74, 6) is 9.07. The van der Waals surface area contributed by atoms with E-state index in [0.29, 0.717) is 11.8 Å². The number of hydrazine groups is 1. The van der Waals surface area contributed by atoms with Gasteiger partial charge in [0.2, 0.25) is 0 Å². The van der Waals surface area contributed by atoms with Gasteiger partial charge in [0.05, 0.1) is 0 Å². The van der Waals surface area contributed by atoms with Crippen molar-refractivity contribution >= 4 is 5.82 Å². The van der Waals surface area contributed by atoms with Gasteiger partial charge in [-0.05, 0) is 31.6 Å². The standard InChI is InChI=1S/C15H26N4/c1-9(2)13-11(4)17-14(18-15(13)19-16)12-7-5-6-10(3)8-12/h9-10,12H,5-8,16H2,1-4H3,(H,17,18,19). The highest BCUT2D eigenvalue weighted by molar-refractivity contribution is 5.47. The van der Waals surface area contributed by atoms with Crippen LogP contribution in [0.4, 0.5) is 5.82 Å². The van der Waals surface area contributed by atoms with Crippen molar-refractivity contribution in [2.24, 2.45) is 11.8 Å². The number of hydrogen-bond donors (Lipinski definition) is 2. The highest BCUT2D eigenvalue weighted by Gasteiger charge is 2.24. The number of rotatable bonds is 3. The maximum Gasteiger partial charge on any atom is 0.147 e. The smallest absolute Gasteiger partial charge is 0.147 e. The number of anilines is 1. The van der Waals surface area contributed by atoms with Crippen molar-refractivity contribution in [3.63, 3.8) is 0 Å². The van der Waals surface area contributed by atoms with Crippen molar-refractivity contribution in [1.29, 1.82) is 0 Å². The molecule has 0 radical (unpaired) electrons. The first kappa shape index (κ1) is 14.3. The molecule has 0 saturated heterocycles. The quantitative estimate of drug-likeness (QED) is 0.646. The third kappa shape index (κ3) is 3.06. The van der Waals surface area contributed by atoms with Gasteiger partial charge in [0.15, 0.2) is 0 Å². The van der Waals surface area contributed by atoms with E-state index in [1.54, 1.807) is 0 Å². The molecule has 0 spiro atoms. The molecule has 4 nitrogen and oxygen atoms in total. The van der Waals surface area contributed by atoms with Gasteiger partial charge in [-0.1, -0.05) is 33.6 Å². The molecule has 2 unspecified atom stereocenters. The van der Waals surface area contributed by atoms with Crippen LogP contribution in [-0.4, -0.2) is 9.97 Å². The minimum Gasteiger partial charge on any atom is -0.308 e.